The van der Waals surface area contributed by atoms with Gasteiger partial charge in [0.25, 0.3) is 0 Å². The van der Waals surface area contributed by atoms with Gasteiger partial charge in [0.15, 0.2) is 6.04 Å². The van der Waals surface area contributed by atoms with Gasteiger partial charge in [0, 0.05) is 6.50 Å². The van der Waals surface area contributed by atoms with Crippen LogP contribution in [0.4, 0.5) is 4.79 Å². The Morgan fingerprint density at radius 1 is 1.32 bits per heavy atom. The van der Waals surface area contributed by atoms with Crippen LogP contribution in [0.3, 0.4) is 0 Å². The van der Waals surface area contributed by atoms with Gasteiger partial charge in [0.1, 0.15) is 12.2 Å². The van der Waals surface area contributed by atoms with E-state index < -0.39 is 30.2 Å². The molecule has 0 fully saturated rings. The topological polar surface area (TPSA) is 55.8 Å². The van der Waals surface area contributed by atoms with Crippen molar-refractivity contribution in [3.8, 4) is 0 Å². The van der Waals surface area contributed by atoms with E-state index in [1.54, 1.807) is 20.8 Å². The summed E-state index contributed by atoms with van der Waals surface area (Å²) in [5, 5.41) is 0. The van der Waals surface area contributed by atoms with E-state index in [1.807, 2.05) is 30.3 Å². The second kappa shape index (κ2) is 6.64. The maximum atomic E-state index is 12.3. The molecule has 5 heteroatoms. The molecular weight excluding hydrogens is 282 g/mol. The van der Waals surface area contributed by atoms with Crippen molar-refractivity contribution in [2.24, 2.45) is 0 Å². The Hall–Kier alpha value is -2.30. The van der Waals surface area contributed by atoms with Crippen molar-refractivity contribution in [3.05, 3.63) is 48.0 Å². The van der Waals surface area contributed by atoms with Crippen LogP contribution in [0.25, 0.3) is 0 Å². The molecule has 22 heavy (non-hydrogen) atoms. The van der Waals surface area contributed by atoms with E-state index in [9.17, 15) is 9.59 Å². The molecule has 0 saturated heterocycles. The highest BCUT2D eigenvalue weighted by Gasteiger charge is 2.34. The molecule has 1 unspecified atom stereocenters. The summed E-state index contributed by atoms with van der Waals surface area (Å²) >= 11 is 0. The lowest BCUT2D eigenvalue weighted by Gasteiger charge is -2.27. The normalized spacial score (nSPS) is 21.0. The number of benzene rings is 1. The summed E-state index contributed by atoms with van der Waals surface area (Å²) in [5.41, 5.74) is 0.00786. The first kappa shape index (κ1) is 13.4. The average Bonchev–Trinajstić information content (AvgIpc) is 2.79. The SMILES string of the molecule is [2H]C1([2H])C=CC(C(=O)OCc2ccccc2)N1C(=O)OC(C)(C)C. The zero-order valence-electron chi connectivity index (χ0n) is 14.9. The molecule has 0 radical (unpaired) electrons. The zero-order chi connectivity index (χ0) is 18.0. The highest BCUT2D eigenvalue weighted by molar-refractivity contribution is 5.84. The molecule has 5 nitrogen and oxygen atoms in total. The lowest BCUT2D eigenvalue weighted by Crippen LogP contribution is -2.44. The molecule has 2 rings (SSSR count). The molecule has 0 N–H and O–H groups in total. The van der Waals surface area contributed by atoms with Crippen LogP contribution in [0.5, 0.6) is 0 Å². The molecule has 1 atom stereocenters. The third kappa shape index (κ3) is 4.35. The summed E-state index contributed by atoms with van der Waals surface area (Å²) in [5.74, 6) is -0.706. The van der Waals surface area contributed by atoms with Gasteiger partial charge in [-0.25, -0.2) is 9.59 Å². The highest BCUT2D eigenvalue weighted by atomic mass is 16.6. The van der Waals surface area contributed by atoms with Crippen LogP contribution < -0.4 is 0 Å². The Labute approximate surface area is 133 Å². The van der Waals surface area contributed by atoms with Crippen LogP contribution in [-0.4, -0.2) is 35.1 Å². The van der Waals surface area contributed by atoms with E-state index in [4.69, 9.17) is 12.2 Å². The van der Waals surface area contributed by atoms with Gasteiger partial charge >= 0.3 is 12.1 Å². The quantitative estimate of drug-likeness (QED) is 0.636. The van der Waals surface area contributed by atoms with E-state index in [1.165, 1.54) is 6.08 Å². The molecule has 1 amide bonds. The Bertz CT molecular complexity index is 638. The van der Waals surface area contributed by atoms with E-state index >= 15 is 0 Å². The standard InChI is InChI=1S/C17H21NO4/c1-17(2,3)22-16(20)18-11-7-10-14(18)15(19)21-12-13-8-5-4-6-9-13/h4-10,14H,11-12H2,1-3H3/i11D2. The Kier molecular flexibility index (Phi) is 4.04. The summed E-state index contributed by atoms with van der Waals surface area (Å²) in [7, 11) is 0. The molecule has 0 saturated carbocycles. The van der Waals surface area contributed by atoms with Crippen LogP contribution >= 0.6 is 0 Å². The van der Waals surface area contributed by atoms with E-state index in [0.29, 0.717) is 0 Å². The van der Waals surface area contributed by atoms with Crippen LogP contribution in [0.15, 0.2) is 42.5 Å². The molecule has 118 valence electrons. The monoisotopic (exact) mass is 305 g/mol. The first-order chi connectivity index (χ1) is 11.1. The second-order valence-corrected chi connectivity index (χ2v) is 5.88. The number of esters is 1. The van der Waals surface area contributed by atoms with E-state index in [-0.39, 0.29) is 6.61 Å². The van der Waals surface area contributed by atoms with Crippen molar-refractivity contribution in [3.63, 3.8) is 0 Å². The Morgan fingerprint density at radius 2 is 2.00 bits per heavy atom. The maximum Gasteiger partial charge on any atom is 0.411 e. The van der Waals surface area contributed by atoms with Gasteiger partial charge in [-0.15, -0.1) is 0 Å². The lowest BCUT2D eigenvalue weighted by atomic mass is 10.2. The third-order valence-corrected chi connectivity index (χ3v) is 2.83. The van der Waals surface area contributed by atoms with Crippen LogP contribution in [-0.2, 0) is 20.9 Å². The molecule has 1 aromatic rings. The van der Waals surface area contributed by atoms with Crippen molar-refractivity contribution in [1.29, 1.82) is 0 Å². The number of amides is 1. The lowest BCUT2D eigenvalue weighted by molar-refractivity contribution is -0.148. The van der Waals surface area contributed by atoms with Crippen LogP contribution in [0.2, 0.25) is 0 Å². The van der Waals surface area contributed by atoms with Gasteiger partial charge in [-0.05, 0) is 26.3 Å². The van der Waals surface area contributed by atoms with Crippen LogP contribution in [0.1, 0.15) is 29.1 Å². The van der Waals surface area contributed by atoms with E-state index in [0.717, 1.165) is 16.5 Å². The van der Waals surface area contributed by atoms with Gasteiger partial charge < -0.3 is 9.47 Å². The van der Waals surface area contributed by atoms with Gasteiger partial charge in [0.2, 0.25) is 0 Å². The Balaban J connectivity index is 2.08. The average molecular weight is 305 g/mol. The zero-order valence-corrected chi connectivity index (χ0v) is 12.9. The number of ether oxygens (including phenoxy) is 2. The minimum absolute atomic E-state index is 0.0508. The summed E-state index contributed by atoms with van der Waals surface area (Å²) in [6.45, 7) is 2.96. The van der Waals surface area contributed by atoms with Crippen molar-refractivity contribution in [2.75, 3.05) is 6.50 Å². The molecular formula is C17H21NO4. The number of carbonyl (C=O) groups is 2. The van der Waals surface area contributed by atoms with Crippen molar-refractivity contribution < 1.29 is 21.8 Å². The van der Waals surface area contributed by atoms with Gasteiger partial charge in [-0.1, -0.05) is 42.5 Å². The van der Waals surface area contributed by atoms with Gasteiger partial charge in [-0.3, -0.25) is 4.90 Å². The molecule has 1 aliphatic rings. The summed E-state index contributed by atoms with van der Waals surface area (Å²) in [4.78, 5) is 25.3. The largest absolute Gasteiger partial charge is 0.459 e. The smallest absolute Gasteiger partial charge is 0.411 e. The third-order valence-electron chi connectivity index (χ3n) is 2.83. The molecule has 1 aliphatic heterocycles. The predicted octanol–water partition coefficient (Wildman–Crippen LogP) is 2.91. The second-order valence-electron chi connectivity index (χ2n) is 5.88. The van der Waals surface area contributed by atoms with E-state index in [2.05, 4.69) is 0 Å². The fourth-order valence-corrected chi connectivity index (χ4v) is 1.86. The molecule has 1 aromatic carbocycles. The molecule has 0 aromatic heterocycles. The number of rotatable bonds is 3. The molecule has 0 bridgehead atoms. The fourth-order valence-electron chi connectivity index (χ4n) is 1.86. The number of carbonyl (C=O) groups excluding carboxylic acids is 2. The predicted molar refractivity (Wildman–Crippen MR) is 82.1 cm³/mol. The maximum absolute atomic E-state index is 12.3. The molecule has 0 aliphatic carbocycles. The first-order valence-electron chi connectivity index (χ1n) is 8.02. The number of hydrogen-bond donors (Lipinski definition) is 0. The number of nitrogens with zero attached hydrogens (tertiary/aromatic N) is 1. The van der Waals surface area contributed by atoms with Crippen LogP contribution in [0, 0.1) is 0 Å². The first-order valence-corrected chi connectivity index (χ1v) is 7.02. The van der Waals surface area contributed by atoms with Crippen molar-refractivity contribution in [1.82, 2.24) is 4.90 Å². The summed E-state index contributed by atoms with van der Waals surface area (Å²) in [6.07, 6.45) is 1.57. The minimum atomic E-state index is -2.11. The highest BCUT2D eigenvalue weighted by Crippen LogP contribution is 2.17. The molecule has 0 spiro atoms. The fraction of sp³-hybridized carbons (Fsp3) is 0.412. The van der Waals surface area contributed by atoms with Gasteiger partial charge in [-0.2, -0.15) is 0 Å². The van der Waals surface area contributed by atoms with Crippen molar-refractivity contribution in [2.45, 2.75) is 39.0 Å². The van der Waals surface area contributed by atoms with Gasteiger partial charge in [0.05, 0.1) is 2.74 Å². The summed E-state index contributed by atoms with van der Waals surface area (Å²) < 4.78 is 26.2. The summed E-state index contributed by atoms with van der Waals surface area (Å²) in [6, 6.07) is 7.96. The minimum Gasteiger partial charge on any atom is -0.459 e. The molecule has 1 heterocycles. The van der Waals surface area contributed by atoms with Crippen molar-refractivity contribution >= 4 is 12.1 Å². The Morgan fingerprint density at radius 3 is 2.64 bits per heavy atom. The number of hydrogen-bond acceptors (Lipinski definition) is 4.